The summed E-state index contributed by atoms with van der Waals surface area (Å²) in [4.78, 5) is 3.36. The smallest absolute Gasteiger partial charge is 0.203 e. The largest absolute Gasteiger partial charge is 0.493 e. The number of aromatic nitrogens is 1. The molecule has 0 atom stereocenters. The van der Waals surface area contributed by atoms with Crippen molar-refractivity contribution in [3.05, 3.63) is 49.0 Å². The summed E-state index contributed by atoms with van der Waals surface area (Å²) in [5.41, 5.74) is 4.03. The van der Waals surface area contributed by atoms with E-state index >= 15 is 0 Å². The fourth-order valence-electron chi connectivity index (χ4n) is 2.77. The van der Waals surface area contributed by atoms with Crippen LogP contribution in [0.3, 0.4) is 0 Å². The van der Waals surface area contributed by atoms with Gasteiger partial charge in [-0.05, 0) is 31.5 Å². The highest BCUT2D eigenvalue weighted by Crippen LogP contribution is 2.41. The number of methoxy groups -OCH3 is 3. The molecule has 1 heterocycles. The van der Waals surface area contributed by atoms with E-state index in [2.05, 4.69) is 29.4 Å². The molecule has 1 radical (unpaired) electrons. The zero-order valence-electron chi connectivity index (χ0n) is 14.1. The van der Waals surface area contributed by atoms with Crippen molar-refractivity contribution in [2.45, 2.75) is 6.42 Å². The third-order valence-corrected chi connectivity index (χ3v) is 3.93. The van der Waals surface area contributed by atoms with E-state index in [0.29, 0.717) is 17.2 Å². The van der Waals surface area contributed by atoms with Crippen molar-refractivity contribution in [3.63, 3.8) is 0 Å². The molecule has 5 nitrogen and oxygen atoms in total. The fraction of sp³-hybridized carbons (Fsp3) is 0.211. The van der Waals surface area contributed by atoms with Crippen LogP contribution in [-0.4, -0.2) is 26.3 Å². The average Bonchev–Trinajstić information content (AvgIpc) is 3.05. The minimum atomic E-state index is 0.574. The van der Waals surface area contributed by atoms with Crippen molar-refractivity contribution in [2.24, 2.45) is 0 Å². The van der Waals surface area contributed by atoms with E-state index in [9.17, 15) is 0 Å². The highest BCUT2D eigenvalue weighted by Gasteiger charge is 2.14. The summed E-state index contributed by atoms with van der Waals surface area (Å²) in [7, 11) is 4.80. The molecule has 0 unspecified atom stereocenters. The number of H-pyrrole nitrogens is 1. The summed E-state index contributed by atoms with van der Waals surface area (Å²) in [6.45, 7) is 3.93. The van der Waals surface area contributed by atoms with Crippen LogP contribution in [0.1, 0.15) is 5.69 Å². The lowest BCUT2D eigenvalue weighted by molar-refractivity contribution is 0.324. The number of hydrogen-bond donors (Lipinski definition) is 2. The Kier molecular flexibility index (Phi) is 4.51. The molecule has 0 amide bonds. The SMILES string of the molecule is [CH2]Cc1cc2c(Nc3cc(OC)c(OC)c(OC)c3)cccc2[nH]1. The van der Waals surface area contributed by atoms with Crippen LogP contribution in [0.2, 0.25) is 0 Å². The van der Waals surface area contributed by atoms with Crippen molar-refractivity contribution >= 4 is 22.3 Å². The molecule has 0 saturated heterocycles. The Labute approximate surface area is 141 Å². The number of fused-ring (bicyclic) bond motifs is 1. The molecular formula is C19H21N2O3. The average molecular weight is 325 g/mol. The Morgan fingerprint density at radius 3 is 2.29 bits per heavy atom. The Morgan fingerprint density at radius 1 is 1.00 bits per heavy atom. The number of benzene rings is 2. The standard InChI is InChI=1S/C19H21N2O3/c1-5-12-9-14-15(20-12)7-6-8-16(14)21-13-10-17(22-2)19(24-4)18(11-13)23-3/h6-11,20-21H,1,5H2,2-4H3. The van der Waals surface area contributed by atoms with Gasteiger partial charge in [-0.15, -0.1) is 0 Å². The van der Waals surface area contributed by atoms with Gasteiger partial charge < -0.3 is 24.5 Å². The van der Waals surface area contributed by atoms with Crippen LogP contribution >= 0.6 is 0 Å². The third kappa shape index (κ3) is 2.85. The van der Waals surface area contributed by atoms with E-state index in [1.807, 2.05) is 24.3 Å². The van der Waals surface area contributed by atoms with E-state index in [4.69, 9.17) is 14.2 Å². The van der Waals surface area contributed by atoms with Gasteiger partial charge in [0.05, 0.1) is 21.3 Å². The first-order chi connectivity index (χ1) is 11.7. The molecular weight excluding hydrogens is 304 g/mol. The summed E-state index contributed by atoms with van der Waals surface area (Å²) in [5.74, 6) is 1.79. The summed E-state index contributed by atoms with van der Waals surface area (Å²) in [6, 6.07) is 12.0. The minimum Gasteiger partial charge on any atom is -0.493 e. The van der Waals surface area contributed by atoms with Gasteiger partial charge in [0.15, 0.2) is 11.5 Å². The molecule has 0 fully saturated rings. The van der Waals surface area contributed by atoms with Crippen LogP contribution in [0, 0.1) is 6.92 Å². The van der Waals surface area contributed by atoms with E-state index in [-0.39, 0.29) is 0 Å². The van der Waals surface area contributed by atoms with Gasteiger partial charge in [0, 0.05) is 40.1 Å². The molecule has 5 heteroatoms. The number of anilines is 2. The summed E-state index contributed by atoms with van der Waals surface area (Å²) in [5, 5.41) is 4.54. The molecule has 0 aliphatic rings. The number of rotatable bonds is 6. The van der Waals surface area contributed by atoms with Gasteiger partial charge in [-0.2, -0.15) is 0 Å². The Bertz CT molecular complexity index is 830. The number of hydrogen-bond acceptors (Lipinski definition) is 4. The van der Waals surface area contributed by atoms with Crippen LogP contribution in [-0.2, 0) is 6.42 Å². The van der Waals surface area contributed by atoms with Crippen LogP contribution < -0.4 is 19.5 Å². The normalized spacial score (nSPS) is 10.7. The summed E-state index contributed by atoms with van der Waals surface area (Å²) >= 11 is 0. The van der Waals surface area contributed by atoms with Gasteiger partial charge in [0.1, 0.15) is 0 Å². The molecule has 1 aromatic heterocycles. The lowest BCUT2D eigenvalue weighted by Crippen LogP contribution is -1.98. The lowest BCUT2D eigenvalue weighted by Gasteiger charge is -2.15. The van der Waals surface area contributed by atoms with E-state index in [1.54, 1.807) is 21.3 Å². The molecule has 3 aromatic rings. The molecule has 0 aliphatic heterocycles. The van der Waals surface area contributed by atoms with Crippen molar-refractivity contribution in [1.29, 1.82) is 0 Å². The summed E-state index contributed by atoms with van der Waals surface area (Å²) in [6.07, 6.45) is 0.721. The number of nitrogens with one attached hydrogen (secondary N) is 2. The predicted octanol–water partition coefficient (Wildman–Crippen LogP) is 4.31. The van der Waals surface area contributed by atoms with Gasteiger partial charge >= 0.3 is 0 Å². The molecule has 24 heavy (non-hydrogen) atoms. The van der Waals surface area contributed by atoms with Crippen molar-refractivity contribution in [1.82, 2.24) is 4.98 Å². The molecule has 0 saturated carbocycles. The van der Waals surface area contributed by atoms with Gasteiger partial charge in [-0.3, -0.25) is 0 Å². The molecule has 3 rings (SSSR count). The zero-order valence-corrected chi connectivity index (χ0v) is 14.1. The van der Waals surface area contributed by atoms with Gasteiger partial charge in [0.2, 0.25) is 5.75 Å². The second kappa shape index (κ2) is 6.74. The maximum absolute atomic E-state index is 5.41. The maximum Gasteiger partial charge on any atom is 0.203 e. The molecule has 0 aliphatic carbocycles. The van der Waals surface area contributed by atoms with Crippen LogP contribution in [0.4, 0.5) is 11.4 Å². The number of ether oxygens (including phenoxy) is 3. The first kappa shape index (κ1) is 16.1. The van der Waals surface area contributed by atoms with Gasteiger partial charge in [0.25, 0.3) is 0 Å². The van der Waals surface area contributed by atoms with Crippen molar-refractivity contribution < 1.29 is 14.2 Å². The topological polar surface area (TPSA) is 55.5 Å². The fourth-order valence-corrected chi connectivity index (χ4v) is 2.77. The predicted molar refractivity (Wildman–Crippen MR) is 96.7 cm³/mol. The molecule has 2 aromatic carbocycles. The molecule has 2 N–H and O–H groups in total. The Hall–Kier alpha value is -2.82. The molecule has 125 valence electrons. The highest BCUT2D eigenvalue weighted by atomic mass is 16.5. The quantitative estimate of drug-likeness (QED) is 0.709. The van der Waals surface area contributed by atoms with Crippen molar-refractivity contribution in [3.8, 4) is 17.2 Å². The zero-order chi connectivity index (χ0) is 17.1. The van der Waals surface area contributed by atoms with Gasteiger partial charge in [-0.25, -0.2) is 0 Å². The first-order valence-corrected chi connectivity index (χ1v) is 7.67. The molecule has 0 bridgehead atoms. The first-order valence-electron chi connectivity index (χ1n) is 7.67. The van der Waals surface area contributed by atoms with E-state index in [1.165, 1.54) is 0 Å². The van der Waals surface area contributed by atoms with Crippen LogP contribution in [0.25, 0.3) is 10.9 Å². The van der Waals surface area contributed by atoms with Crippen molar-refractivity contribution in [2.75, 3.05) is 26.6 Å². The highest BCUT2D eigenvalue weighted by molar-refractivity contribution is 5.94. The second-order valence-electron chi connectivity index (χ2n) is 5.35. The summed E-state index contributed by atoms with van der Waals surface area (Å²) < 4.78 is 16.2. The molecule has 0 spiro atoms. The minimum absolute atomic E-state index is 0.574. The lowest BCUT2D eigenvalue weighted by atomic mass is 10.2. The van der Waals surface area contributed by atoms with Crippen LogP contribution in [0.5, 0.6) is 17.2 Å². The van der Waals surface area contributed by atoms with E-state index in [0.717, 1.165) is 34.4 Å². The van der Waals surface area contributed by atoms with Gasteiger partial charge in [-0.1, -0.05) is 6.07 Å². The Morgan fingerprint density at radius 2 is 1.71 bits per heavy atom. The maximum atomic E-state index is 5.41. The Balaban J connectivity index is 2.03. The van der Waals surface area contributed by atoms with Crippen LogP contribution in [0.15, 0.2) is 36.4 Å². The second-order valence-corrected chi connectivity index (χ2v) is 5.35. The number of aromatic amines is 1. The monoisotopic (exact) mass is 325 g/mol. The third-order valence-electron chi connectivity index (χ3n) is 3.93. The van der Waals surface area contributed by atoms with E-state index < -0.39 is 0 Å².